The van der Waals surface area contributed by atoms with Gasteiger partial charge >= 0.3 is 11.9 Å². The second-order valence-corrected chi connectivity index (χ2v) is 4.60. The predicted octanol–water partition coefficient (Wildman–Crippen LogP) is 3.41. The zero-order chi connectivity index (χ0) is 17.4. The highest BCUT2D eigenvalue weighted by Crippen LogP contribution is 2.31. The molecule has 2 aromatic rings. The molecular formula is C19H16O5. The highest BCUT2D eigenvalue weighted by atomic mass is 16.6. The van der Waals surface area contributed by atoms with Crippen molar-refractivity contribution < 1.29 is 23.8 Å². The first kappa shape index (κ1) is 17.0. The molecule has 2 rings (SSSR count). The van der Waals surface area contributed by atoms with Crippen molar-refractivity contribution >= 4 is 18.0 Å². The van der Waals surface area contributed by atoms with Gasteiger partial charge in [-0.1, -0.05) is 36.9 Å². The second kappa shape index (κ2) is 8.33. The first-order valence-electron chi connectivity index (χ1n) is 7.09. The summed E-state index contributed by atoms with van der Waals surface area (Å²) in [6.07, 6.45) is 4.02. The molecule has 0 N–H and O–H groups in total. The van der Waals surface area contributed by atoms with E-state index in [1.165, 1.54) is 31.4 Å². The Hall–Kier alpha value is -3.34. The van der Waals surface area contributed by atoms with E-state index >= 15 is 0 Å². The molecule has 0 aliphatic heterocycles. The predicted molar refractivity (Wildman–Crippen MR) is 89.9 cm³/mol. The maximum absolute atomic E-state index is 11.8. The summed E-state index contributed by atoms with van der Waals surface area (Å²) in [5, 5.41) is 0. The van der Waals surface area contributed by atoms with E-state index in [-0.39, 0.29) is 17.2 Å². The van der Waals surface area contributed by atoms with Gasteiger partial charge in [0.05, 0.1) is 7.11 Å². The Bertz CT molecular complexity index is 763. The monoisotopic (exact) mass is 324 g/mol. The third-order valence-electron chi connectivity index (χ3n) is 2.94. The number of hydrogen-bond acceptors (Lipinski definition) is 5. The summed E-state index contributed by atoms with van der Waals surface area (Å²) in [6, 6.07) is 13.8. The Morgan fingerprint density at radius 1 is 0.958 bits per heavy atom. The highest BCUT2D eigenvalue weighted by molar-refractivity contribution is 5.89. The van der Waals surface area contributed by atoms with Crippen LogP contribution in [0.15, 0.2) is 67.3 Å². The number of hydrogen-bond donors (Lipinski definition) is 0. The molecule has 5 heteroatoms. The van der Waals surface area contributed by atoms with Crippen LogP contribution in [0.5, 0.6) is 17.2 Å². The summed E-state index contributed by atoms with van der Waals surface area (Å²) in [6.45, 7) is 3.32. The van der Waals surface area contributed by atoms with Gasteiger partial charge in [0, 0.05) is 18.2 Å². The molecule has 0 atom stereocenters. The van der Waals surface area contributed by atoms with E-state index in [0.717, 1.165) is 11.6 Å². The van der Waals surface area contributed by atoms with E-state index < -0.39 is 11.9 Å². The molecule has 0 heterocycles. The van der Waals surface area contributed by atoms with Crippen molar-refractivity contribution in [3.05, 3.63) is 72.8 Å². The van der Waals surface area contributed by atoms with Crippen LogP contribution in [-0.4, -0.2) is 19.0 Å². The van der Waals surface area contributed by atoms with E-state index in [4.69, 9.17) is 14.2 Å². The summed E-state index contributed by atoms with van der Waals surface area (Å²) in [7, 11) is 1.42. The summed E-state index contributed by atoms with van der Waals surface area (Å²) >= 11 is 0. The number of rotatable bonds is 6. The van der Waals surface area contributed by atoms with Crippen molar-refractivity contribution in [2.75, 3.05) is 7.11 Å². The van der Waals surface area contributed by atoms with Crippen molar-refractivity contribution in [3.8, 4) is 17.2 Å². The van der Waals surface area contributed by atoms with Crippen LogP contribution in [0, 0.1) is 0 Å². The molecule has 5 nitrogen and oxygen atoms in total. The molecule has 0 aromatic heterocycles. The van der Waals surface area contributed by atoms with Crippen LogP contribution in [0.1, 0.15) is 5.56 Å². The van der Waals surface area contributed by atoms with Gasteiger partial charge in [0.2, 0.25) is 0 Å². The summed E-state index contributed by atoms with van der Waals surface area (Å²) in [5.41, 5.74) is 0.888. The number of carbonyl (C=O) groups is 2. The molecule has 0 spiro atoms. The van der Waals surface area contributed by atoms with Crippen LogP contribution in [0.25, 0.3) is 6.08 Å². The van der Waals surface area contributed by atoms with Crippen molar-refractivity contribution in [1.29, 1.82) is 0 Å². The average molecular weight is 324 g/mol. The highest BCUT2D eigenvalue weighted by Gasteiger charge is 2.10. The van der Waals surface area contributed by atoms with Gasteiger partial charge in [0.1, 0.15) is 5.75 Å². The van der Waals surface area contributed by atoms with E-state index in [0.29, 0.717) is 0 Å². The fourth-order valence-electron chi connectivity index (χ4n) is 1.82. The number of carbonyl (C=O) groups excluding carboxylic acids is 2. The van der Waals surface area contributed by atoms with E-state index in [9.17, 15) is 9.59 Å². The molecule has 0 fully saturated rings. The second-order valence-electron chi connectivity index (χ2n) is 4.60. The number of ether oxygens (including phenoxy) is 3. The van der Waals surface area contributed by atoms with Gasteiger partial charge in [-0.25, -0.2) is 9.59 Å². The topological polar surface area (TPSA) is 61.8 Å². The minimum atomic E-state index is -0.608. The summed E-state index contributed by atoms with van der Waals surface area (Å²) in [4.78, 5) is 23.1. The molecule has 0 saturated carbocycles. The van der Waals surface area contributed by atoms with Crippen LogP contribution >= 0.6 is 0 Å². The minimum absolute atomic E-state index is 0.210. The number of esters is 2. The molecule has 0 saturated heterocycles. The van der Waals surface area contributed by atoms with Crippen LogP contribution < -0.4 is 14.2 Å². The van der Waals surface area contributed by atoms with Crippen molar-refractivity contribution in [1.82, 2.24) is 0 Å². The van der Waals surface area contributed by atoms with Gasteiger partial charge < -0.3 is 14.2 Å². The summed E-state index contributed by atoms with van der Waals surface area (Å²) in [5.74, 6) is -0.391. The molecule has 0 radical (unpaired) electrons. The first-order valence-corrected chi connectivity index (χ1v) is 7.09. The van der Waals surface area contributed by atoms with Crippen LogP contribution in [0.4, 0.5) is 0 Å². The van der Waals surface area contributed by atoms with Crippen LogP contribution in [-0.2, 0) is 9.59 Å². The molecule has 2 aromatic carbocycles. The molecule has 24 heavy (non-hydrogen) atoms. The quantitative estimate of drug-likeness (QED) is 0.463. The SMILES string of the molecule is C=CC(=O)Oc1ccc(OC(=O)C=Cc2ccccc2)cc1OC. The zero-order valence-corrected chi connectivity index (χ0v) is 13.1. The van der Waals surface area contributed by atoms with Gasteiger partial charge in [0.15, 0.2) is 11.5 Å². The summed E-state index contributed by atoms with van der Waals surface area (Å²) < 4.78 is 15.3. The fraction of sp³-hybridized carbons (Fsp3) is 0.0526. The van der Waals surface area contributed by atoms with Gasteiger partial charge in [0.25, 0.3) is 0 Å². The third-order valence-corrected chi connectivity index (χ3v) is 2.94. The average Bonchev–Trinajstić information content (AvgIpc) is 2.62. The standard InChI is InChI=1S/C19H16O5/c1-3-18(20)24-16-11-10-15(13-17(16)22-2)23-19(21)12-9-14-7-5-4-6-8-14/h3-13H,1H2,2H3. The van der Waals surface area contributed by atoms with Crippen molar-refractivity contribution in [2.24, 2.45) is 0 Å². The van der Waals surface area contributed by atoms with Crippen LogP contribution in [0.3, 0.4) is 0 Å². The molecule has 0 amide bonds. The smallest absolute Gasteiger partial charge is 0.336 e. The van der Waals surface area contributed by atoms with Crippen LogP contribution in [0.2, 0.25) is 0 Å². The number of methoxy groups -OCH3 is 1. The minimum Gasteiger partial charge on any atom is -0.493 e. The van der Waals surface area contributed by atoms with E-state index in [1.54, 1.807) is 6.08 Å². The largest absolute Gasteiger partial charge is 0.493 e. The van der Waals surface area contributed by atoms with Crippen molar-refractivity contribution in [3.63, 3.8) is 0 Å². The number of benzene rings is 2. The molecule has 0 bridgehead atoms. The Morgan fingerprint density at radius 2 is 1.71 bits per heavy atom. The lowest BCUT2D eigenvalue weighted by Gasteiger charge is -2.09. The molecule has 0 unspecified atom stereocenters. The van der Waals surface area contributed by atoms with E-state index in [1.807, 2.05) is 30.3 Å². The Balaban J connectivity index is 2.06. The van der Waals surface area contributed by atoms with Gasteiger partial charge in [-0.3, -0.25) is 0 Å². The Labute approximate surface area is 139 Å². The lowest BCUT2D eigenvalue weighted by Crippen LogP contribution is -2.06. The molecule has 0 aliphatic carbocycles. The lowest BCUT2D eigenvalue weighted by atomic mass is 10.2. The first-order chi connectivity index (χ1) is 11.6. The lowest BCUT2D eigenvalue weighted by molar-refractivity contribution is -0.130. The Morgan fingerprint density at radius 3 is 2.38 bits per heavy atom. The third kappa shape index (κ3) is 4.84. The van der Waals surface area contributed by atoms with Gasteiger partial charge in [-0.2, -0.15) is 0 Å². The maximum atomic E-state index is 11.8. The van der Waals surface area contributed by atoms with Gasteiger partial charge in [-0.05, 0) is 23.8 Å². The molecule has 0 aliphatic rings. The normalized spacial score (nSPS) is 10.2. The van der Waals surface area contributed by atoms with E-state index in [2.05, 4.69) is 6.58 Å². The van der Waals surface area contributed by atoms with Gasteiger partial charge in [-0.15, -0.1) is 0 Å². The van der Waals surface area contributed by atoms with Crippen molar-refractivity contribution in [2.45, 2.75) is 0 Å². The fourth-order valence-corrected chi connectivity index (χ4v) is 1.82. The molecular weight excluding hydrogens is 308 g/mol. The zero-order valence-electron chi connectivity index (χ0n) is 13.1. The maximum Gasteiger partial charge on any atom is 0.336 e. The molecule has 122 valence electrons. The Kier molecular flexibility index (Phi) is 5.91.